The molecule has 1 unspecified atom stereocenters. The van der Waals surface area contributed by atoms with E-state index in [9.17, 15) is 9.90 Å². The van der Waals surface area contributed by atoms with Gasteiger partial charge in [-0.2, -0.15) is 0 Å². The van der Waals surface area contributed by atoms with Crippen LogP contribution in [-0.4, -0.2) is 18.7 Å². The van der Waals surface area contributed by atoms with Gasteiger partial charge in [-0.05, 0) is 42.4 Å². The summed E-state index contributed by atoms with van der Waals surface area (Å²) in [7, 11) is 6.28. The number of ketones is 1. The molecule has 0 spiro atoms. The summed E-state index contributed by atoms with van der Waals surface area (Å²) in [5.41, 5.74) is 1.58. The van der Waals surface area contributed by atoms with E-state index >= 15 is 0 Å². The summed E-state index contributed by atoms with van der Waals surface area (Å²) in [4.78, 5) is 11.7. The average molecular weight is 326 g/mol. The predicted octanol–water partition coefficient (Wildman–Crippen LogP) is 5.48. The molecule has 1 aromatic rings. The number of phenolic OH excluding ortho intramolecular Hbond substituents is 1. The van der Waals surface area contributed by atoms with Gasteiger partial charge in [0, 0.05) is 6.42 Å². The number of carbonyl (C=O) groups is 1. The first-order valence-corrected chi connectivity index (χ1v) is 9.65. The molecule has 2 rings (SSSR count). The molecule has 0 amide bonds. The zero-order valence-corrected chi connectivity index (χ0v) is 15.3. The second kappa shape index (κ2) is 9.29. The van der Waals surface area contributed by atoms with Gasteiger partial charge in [-0.1, -0.05) is 64.3 Å². The zero-order valence-electron chi connectivity index (χ0n) is 15.3. The van der Waals surface area contributed by atoms with Gasteiger partial charge >= 0.3 is 0 Å². The van der Waals surface area contributed by atoms with Crippen LogP contribution in [0.5, 0.6) is 5.75 Å². The van der Waals surface area contributed by atoms with E-state index in [0.717, 1.165) is 30.7 Å². The van der Waals surface area contributed by atoms with Crippen molar-refractivity contribution in [2.24, 2.45) is 11.8 Å². The number of carbonyl (C=O) groups excluding carboxylic acids is 1. The van der Waals surface area contributed by atoms with Crippen LogP contribution in [0.1, 0.15) is 81.1 Å². The standard InChI is InChI=1S/C21H31BO2/c1-3-5-19(22)17-11-8-15(9-12-17)6-7-16-10-13-18(20(23)4-2)21(24)14-16/h10,13-15,17,19,24H,3-9,11-12H2,1-2H3. The lowest BCUT2D eigenvalue weighted by Gasteiger charge is -2.32. The molecule has 130 valence electrons. The van der Waals surface area contributed by atoms with Crippen molar-refractivity contribution in [1.82, 2.24) is 0 Å². The Hall–Kier alpha value is -1.25. The van der Waals surface area contributed by atoms with Crippen LogP contribution in [0.3, 0.4) is 0 Å². The molecule has 1 N–H and O–H groups in total. The number of aryl methyl sites for hydroxylation is 1. The summed E-state index contributed by atoms with van der Waals surface area (Å²) >= 11 is 0. The van der Waals surface area contributed by atoms with Crippen molar-refractivity contribution in [2.75, 3.05) is 0 Å². The molecule has 1 atom stereocenters. The molecule has 24 heavy (non-hydrogen) atoms. The van der Waals surface area contributed by atoms with Crippen LogP contribution in [0, 0.1) is 11.8 Å². The molecule has 1 aromatic carbocycles. The smallest absolute Gasteiger partial charge is 0.166 e. The van der Waals surface area contributed by atoms with Gasteiger partial charge in [-0.3, -0.25) is 4.79 Å². The number of benzene rings is 1. The van der Waals surface area contributed by atoms with Gasteiger partial charge in [0.05, 0.1) is 13.4 Å². The number of rotatable bonds is 8. The Morgan fingerprint density at radius 1 is 1.25 bits per heavy atom. The van der Waals surface area contributed by atoms with Gasteiger partial charge in [0.1, 0.15) is 5.75 Å². The first-order chi connectivity index (χ1) is 11.5. The predicted molar refractivity (Wildman–Crippen MR) is 101 cm³/mol. The third-order valence-corrected chi connectivity index (χ3v) is 5.64. The minimum Gasteiger partial charge on any atom is -0.507 e. The Bertz CT molecular complexity index is 533. The fourth-order valence-electron chi connectivity index (χ4n) is 4.00. The number of phenols is 1. The second-order valence-electron chi connectivity index (χ2n) is 7.40. The number of hydrogen-bond donors (Lipinski definition) is 1. The van der Waals surface area contributed by atoms with Crippen molar-refractivity contribution in [3.63, 3.8) is 0 Å². The lowest BCUT2D eigenvalue weighted by Crippen LogP contribution is -2.19. The summed E-state index contributed by atoms with van der Waals surface area (Å²) in [5, 5.41) is 10.0. The number of Topliss-reactive ketones (excluding diaryl/α,β-unsaturated/α-hetero) is 1. The summed E-state index contributed by atoms with van der Waals surface area (Å²) in [5.74, 6) is 2.00. The molecule has 1 aliphatic rings. The van der Waals surface area contributed by atoms with Crippen molar-refractivity contribution in [2.45, 2.75) is 77.5 Å². The third-order valence-electron chi connectivity index (χ3n) is 5.64. The molecular formula is C21H31BO2. The Morgan fingerprint density at radius 2 is 1.96 bits per heavy atom. The van der Waals surface area contributed by atoms with Gasteiger partial charge in [-0.15, -0.1) is 0 Å². The first kappa shape index (κ1) is 19.1. The van der Waals surface area contributed by atoms with E-state index in [4.69, 9.17) is 7.85 Å². The molecule has 0 saturated heterocycles. The van der Waals surface area contributed by atoms with E-state index in [0.29, 0.717) is 23.7 Å². The Kier molecular flexibility index (Phi) is 7.39. The van der Waals surface area contributed by atoms with Crippen molar-refractivity contribution < 1.29 is 9.90 Å². The third kappa shape index (κ3) is 5.12. The maximum atomic E-state index is 11.7. The van der Waals surface area contributed by atoms with Gasteiger partial charge in [0.2, 0.25) is 0 Å². The first-order valence-electron chi connectivity index (χ1n) is 9.65. The van der Waals surface area contributed by atoms with Crippen molar-refractivity contribution >= 4 is 13.6 Å². The van der Waals surface area contributed by atoms with Crippen molar-refractivity contribution in [3.8, 4) is 5.75 Å². The van der Waals surface area contributed by atoms with Crippen LogP contribution in [0.2, 0.25) is 5.82 Å². The van der Waals surface area contributed by atoms with E-state index in [1.54, 1.807) is 12.1 Å². The van der Waals surface area contributed by atoms with Gasteiger partial charge in [0.25, 0.3) is 0 Å². The van der Waals surface area contributed by atoms with Gasteiger partial charge in [0.15, 0.2) is 5.78 Å². The molecule has 1 aliphatic carbocycles. The largest absolute Gasteiger partial charge is 0.507 e. The summed E-state index contributed by atoms with van der Waals surface area (Å²) < 4.78 is 0. The highest BCUT2D eigenvalue weighted by Crippen LogP contribution is 2.38. The van der Waals surface area contributed by atoms with E-state index in [2.05, 4.69) is 6.92 Å². The minimum atomic E-state index is 0.000732. The highest BCUT2D eigenvalue weighted by Gasteiger charge is 2.24. The van der Waals surface area contributed by atoms with Crippen molar-refractivity contribution in [1.29, 1.82) is 0 Å². The number of aromatic hydroxyl groups is 1. The highest BCUT2D eigenvalue weighted by molar-refractivity contribution is 6.11. The van der Waals surface area contributed by atoms with Gasteiger partial charge < -0.3 is 5.11 Å². The quantitative estimate of drug-likeness (QED) is 0.507. The Balaban J connectivity index is 1.80. The molecule has 2 radical (unpaired) electrons. The van der Waals surface area contributed by atoms with E-state index < -0.39 is 0 Å². The van der Waals surface area contributed by atoms with Crippen LogP contribution in [-0.2, 0) is 6.42 Å². The lowest BCUT2D eigenvalue weighted by atomic mass is 9.66. The van der Waals surface area contributed by atoms with Crippen LogP contribution in [0.4, 0.5) is 0 Å². The molecular weight excluding hydrogens is 295 g/mol. The molecule has 0 bridgehead atoms. The van der Waals surface area contributed by atoms with E-state index in [1.165, 1.54) is 32.1 Å². The van der Waals surface area contributed by atoms with Crippen molar-refractivity contribution in [3.05, 3.63) is 29.3 Å². The molecule has 2 nitrogen and oxygen atoms in total. The fraction of sp³-hybridized carbons (Fsp3) is 0.667. The molecule has 1 fully saturated rings. The van der Waals surface area contributed by atoms with E-state index in [1.807, 2.05) is 13.0 Å². The Morgan fingerprint density at radius 3 is 2.54 bits per heavy atom. The Labute approximate surface area is 148 Å². The van der Waals surface area contributed by atoms with E-state index in [-0.39, 0.29) is 11.5 Å². The zero-order chi connectivity index (χ0) is 17.5. The van der Waals surface area contributed by atoms with Crippen LogP contribution in [0.15, 0.2) is 18.2 Å². The molecule has 1 saturated carbocycles. The minimum absolute atomic E-state index is 0.000732. The lowest BCUT2D eigenvalue weighted by molar-refractivity contribution is 0.0985. The van der Waals surface area contributed by atoms with Crippen LogP contribution < -0.4 is 0 Å². The number of hydrogen-bond acceptors (Lipinski definition) is 2. The van der Waals surface area contributed by atoms with Gasteiger partial charge in [-0.25, -0.2) is 0 Å². The molecule has 3 heteroatoms. The monoisotopic (exact) mass is 326 g/mol. The molecule has 0 heterocycles. The van der Waals surface area contributed by atoms with Crippen LogP contribution >= 0.6 is 0 Å². The highest BCUT2D eigenvalue weighted by atomic mass is 16.3. The second-order valence-corrected chi connectivity index (χ2v) is 7.40. The SMILES string of the molecule is [B]C(CCC)C1CCC(CCc2ccc(C(=O)CC)c(O)c2)CC1. The topological polar surface area (TPSA) is 37.3 Å². The molecule has 0 aliphatic heterocycles. The summed E-state index contributed by atoms with van der Waals surface area (Å²) in [6.07, 6.45) is 9.98. The normalized spacial score (nSPS) is 22.2. The fourth-order valence-corrected chi connectivity index (χ4v) is 4.00. The summed E-state index contributed by atoms with van der Waals surface area (Å²) in [6.45, 7) is 4.03. The summed E-state index contributed by atoms with van der Waals surface area (Å²) in [6, 6.07) is 5.54. The average Bonchev–Trinajstić information content (AvgIpc) is 2.60. The maximum absolute atomic E-state index is 11.7. The molecule has 0 aromatic heterocycles. The van der Waals surface area contributed by atoms with Crippen LogP contribution in [0.25, 0.3) is 0 Å². The maximum Gasteiger partial charge on any atom is 0.166 e.